The molecular formula is C18H17NO4. The summed E-state index contributed by atoms with van der Waals surface area (Å²) in [5.74, 6) is 1.38. The molecule has 2 aromatic rings. The molecule has 4 rings (SSSR count). The molecular weight excluding hydrogens is 294 g/mol. The summed E-state index contributed by atoms with van der Waals surface area (Å²) in [5.41, 5.74) is 0.621. The summed E-state index contributed by atoms with van der Waals surface area (Å²) in [6.07, 6.45) is 0.113. The topological polar surface area (TPSA) is 59.0 Å². The van der Waals surface area contributed by atoms with Crippen LogP contribution < -0.4 is 9.47 Å². The maximum Gasteiger partial charge on any atom is 0.231 e. The number of hydrogen-bond acceptors (Lipinski definition) is 4. The highest BCUT2D eigenvalue weighted by Gasteiger charge is 2.42. The number of carbonyl (C=O) groups excluding carboxylic acids is 1. The monoisotopic (exact) mass is 311 g/mol. The quantitative estimate of drug-likeness (QED) is 0.942. The number of hydrogen-bond donors (Lipinski definition) is 1. The summed E-state index contributed by atoms with van der Waals surface area (Å²) < 4.78 is 10.7. The first-order valence-electron chi connectivity index (χ1n) is 7.58. The molecule has 2 heterocycles. The number of fused-ring (bicyclic) bond motifs is 1. The molecule has 2 aliphatic heterocycles. The van der Waals surface area contributed by atoms with E-state index in [-0.39, 0.29) is 19.1 Å². The van der Waals surface area contributed by atoms with E-state index in [1.54, 1.807) is 4.90 Å². The Morgan fingerprint density at radius 1 is 1.09 bits per heavy atom. The van der Waals surface area contributed by atoms with Crippen LogP contribution in [0.4, 0.5) is 0 Å². The molecule has 118 valence electrons. The van der Waals surface area contributed by atoms with Gasteiger partial charge in [0.1, 0.15) is 5.60 Å². The lowest BCUT2D eigenvalue weighted by Crippen LogP contribution is -2.31. The van der Waals surface area contributed by atoms with E-state index in [9.17, 15) is 9.90 Å². The Morgan fingerprint density at radius 2 is 1.87 bits per heavy atom. The summed E-state index contributed by atoms with van der Waals surface area (Å²) in [5, 5.41) is 10.8. The van der Waals surface area contributed by atoms with Gasteiger partial charge in [-0.3, -0.25) is 4.79 Å². The molecule has 0 radical (unpaired) electrons. The molecule has 0 saturated carbocycles. The Morgan fingerprint density at radius 3 is 2.70 bits per heavy atom. The fourth-order valence-corrected chi connectivity index (χ4v) is 3.17. The van der Waals surface area contributed by atoms with E-state index in [1.165, 1.54) is 0 Å². The van der Waals surface area contributed by atoms with E-state index < -0.39 is 5.60 Å². The molecule has 1 amide bonds. The second-order valence-electron chi connectivity index (χ2n) is 6.01. The van der Waals surface area contributed by atoms with Crippen molar-refractivity contribution < 1.29 is 19.4 Å². The minimum atomic E-state index is -1.12. The van der Waals surface area contributed by atoms with Crippen LogP contribution in [0.15, 0.2) is 48.5 Å². The van der Waals surface area contributed by atoms with Gasteiger partial charge in [0.25, 0.3) is 0 Å². The van der Waals surface area contributed by atoms with Crippen LogP contribution in [0.3, 0.4) is 0 Å². The number of likely N-dealkylation sites (tertiary alicyclic amines) is 1. The number of benzene rings is 2. The molecule has 1 unspecified atom stereocenters. The van der Waals surface area contributed by atoms with Crippen molar-refractivity contribution in [1.29, 1.82) is 0 Å². The maximum absolute atomic E-state index is 12.3. The number of ether oxygens (including phenoxy) is 2. The number of carbonyl (C=O) groups is 1. The summed E-state index contributed by atoms with van der Waals surface area (Å²) in [6, 6.07) is 15.0. The number of β-amino-alcohol motifs (C(OH)–C–C–N with tert-alkyl or cyclic N) is 1. The maximum atomic E-state index is 12.3. The molecule has 1 saturated heterocycles. The molecule has 0 bridgehead atoms. The molecule has 2 aromatic carbocycles. The van der Waals surface area contributed by atoms with Gasteiger partial charge in [0.05, 0.1) is 13.0 Å². The SMILES string of the molecule is O=C1CC(O)(c2ccccc2)CN1Cc1ccc2c(c1)OCO2. The Balaban J connectivity index is 1.53. The molecule has 1 atom stereocenters. The fraction of sp³-hybridized carbons (Fsp3) is 0.278. The zero-order valence-electron chi connectivity index (χ0n) is 12.6. The third-order valence-corrected chi connectivity index (χ3v) is 4.37. The van der Waals surface area contributed by atoms with Crippen molar-refractivity contribution in [3.63, 3.8) is 0 Å². The van der Waals surface area contributed by atoms with Crippen molar-refractivity contribution in [2.75, 3.05) is 13.3 Å². The van der Waals surface area contributed by atoms with Crippen LogP contribution in [0, 0.1) is 0 Å². The van der Waals surface area contributed by atoms with E-state index in [0.29, 0.717) is 18.8 Å². The third-order valence-electron chi connectivity index (χ3n) is 4.37. The largest absolute Gasteiger partial charge is 0.454 e. The van der Waals surface area contributed by atoms with E-state index in [4.69, 9.17) is 9.47 Å². The van der Waals surface area contributed by atoms with Gasteiger partial charge in [-0.15, -0.1) is 0 Å². The minimum absolute atomic E-state index is 0.0472. The molecule has 0 aliphatic carbocycles. The average Bonchev–Trinajstić information content (AvgIpc) is 3.13. The van der Waals surface area contributed by atoms with E-state index >= 15 is 0 Å². The van der Waals surface area contributed by atoms with Crippen LogP contribution in [-0.4, -0.2) is 29.3 Å². The lowest BCUT2D eigenvalue weighted by molar-refractivity contribution is -0.128. The highest BCUT2D eigenvalue weighted by atomic mass is 16.7. The van der Waals surface area contributed by atoms with Gasteiger partial charge in [0.15, 0.2) is 11.5 Å². The van der Waals surface area contributed by atoms with Crippen molar-refractivity contribution in [2.45, 2.75) is 18.6 Å². The zero-order valence-corrected chi connectivity index (χ0v) is 12.6. The van der Waals surface area contributed by atoms with Crippen molar-refractivity contribution >= 4 is 5.91 Å². The van der Waals surface area contributed by atoms with Gasteiger partial charge in [-0.25, -0.2) is 0 Å². The number of aliphatic hydroxyl groups is 1. The van der Waals surface area contributed by atoms with E-state index in [2.05, 4.69) is 0 Å². The van der Waals surface area contributed by atoms with Crippen LogP contribution in [0.1, 0.15) is 17.5 Å². The zero-order chi connectivity index (χ0) is 15.9. The number of amides is 1. The Hall–Kier alpha value is -2.53. The lowest BCUT2D eigenvalue weighted by atomic mass is 9.93. The van der Waals surface area contributed by atoms with Gasteiger partial charge >= 0.3 is 0 Å². The molecule has 5 nitrogen and oxygen atoms in total. The Labute approximate surface area is 134 Å². The third kappa shape index (κ3) is 2.53. The van der Waals surface area contributed by atoms with Crippen molar-refractivity contribution in [2.24, 2.45) is 0 Å². The molecule has 5 heteroatoms. The first-order valence-corrected chi connectivity index (χ1v) is 7.58. The molecule has 23 heavy (non-hydrogen) atoms. The first kappa shape index (κ1) is 14.1. The molecule has 1 N–H and O–H groups in total. The Bertz CT molecular complexity index is 746. The van der Waals surface area contributed by atoms with Crippen LogP contribution in [0.5, 0.6) is 11.5 Å². The minimum Gasteiger partial charge on any atom is -0.454 e. The van der Waals surface area contributed by atoms with E-state index in [1.807, 2.05) is 48.5 Å². The smallest absolute Gasteiger partial charge is 0.231 e. The normalized spacial score (nSPS) is 22.7. The summed E-state index contributed by atoms with van der Waals surface area (Å²) in [6.45, 7) is 0.976. The predicted molar refractivity (Wildman–Crippen MR) is 82.9 cm³/mol. The standard InChI is InChI=1S/C18H17NO4/c20-17-9-18(21,14-4-2-1-3-5-14)11-19(17)10-13-6-7-15-16(8-13)23-12-22-15/h1-8,21H,9-12H2. The molecule has 1 fully saturated rings. The van der Waals surface area contributed by atoms with Gasteiger partial charge in [0, 0.05) is 6.54 Å². The second-order valence-corrected chi connectivity index (χ2v) is 6.01. The predicted octanol–water partition coefficient (Wildman–Crippen LogP) is 2.04. The second kappa shape index (κ2) is 5.28. The van der Waals surface area contributed by atoms with E-state index in [0.717, 1.165) is 16.9 Å². The summed E-state index contributed by atoms with van der Waals surface area (Å²) in [7, 11) is 0. The molecule has 0 spiro atoms. The van der Waals surface area contributed by atoms with Crippen LogP contribution in [0.2, 0.25) is 0 Å². The van der Waals surface area contributed by atoms with Crippen LogP contribution in [-0.2, 0) is 16.9 Å². The van der Waals surface area contributed by atoms with Gasteiger partial charge in [-0.05, 0) is 23.3 Å². The summed E-state index contributed by atoms with van der Waals surface area (Å²) in [4.78, 5) is 14.0. The fourth-order valence-electron chi connectivity index (χ4n) is 3.17. The Kier molecular flexibility index (Phi) is 3.23. The number of rotatable bonds is 3. The lowest BCUT2D eigenvalue weighted by Gasteiger charge is -2.23. The highest BCUT2D eigenvalue weighted by molar-refractivity contribution is 5.80. The van der Waals surface area contributed by atoms with Crippen molar-refractivity contribution in [1.82, 2.24) is 4.90 Å². The number of nitrogens with zero attached hydrogens (tertiary/aromatic N) is 1. The van der Waals surface area contributed by atoms with Crippen molar-refractivity contribution in [3.8, 4) is 11.5 Å². The van der Waals surface area contributed by atoms with Gasteiger partial charge in [-0.1, -0.05) is 36.4 Å². The van der Waals surface area contributed by atoms with Crippen LogP contribution in [0.25, 0.3) is 0 Å². The van der Waals surface area contributed by atoms with Gasteiger partial charge < -0.3 is 19.5 Å². The highest BCUT2D eigenvalue weighted by Crippen LogP contribution is 2.36. The average molecular weight is 311 g/mol. The molecule has 0 aromatic heterocycles. The summed E-state index contributed by atoms with van der Waals surface area (Å²) >= 11 is 0. The van der Waals surface area contributed by atoms with Gasteiger partial charge in [-0.2, -0.15) is 0 Å². The molecule has 2 aliphatic rings. The first-order chi connectivity index (χ1) is 11.1. The van der Waals surface area contributed by atoms with Crippen LogP contribution >= 0.6 is 0 Å². The van der Waals surface area contributed by atoms with Gasteiger partial charge in [0.2, 0.25) is 12.7 Å². The van der Waals surface area contributed by atoms with Crippen molar-refractivity contribution in [3.05, 3.63) is 59.7 Å².